The zero-order chi connectivity index (χ0) is 22.3. The lowest BCUT2D eigenvalue weighted by Gasteiger charge is -2.34. The number of hydrogen-bond donors (Lipinski definition) is 1. The van der Waals surface area contributed by atoms with Crippen LogP contribution in [0, 0.1) is 11.6 Å². The lowest BCUT2D eigenvalue weighted by molar-refractivity contribution is 0.204. The fourth-order valence-corrected chi connectivity index (χ4v) is 4.31. The lowest BCUT2D eigenvalue weighted by Crippen LogP contribution is -2.50. The first kappa shape index (κ1) is 21.2. The summed E-state index contributed by atoms with van der Waals surface area (Å²) in [6.07, 6.45) is 1.28. The van der Waals surface area contributed by atoms with Crippen LogP contribution in [0.1, 0.15) is 25.3 Å². The largest absolute Gasteiger partial charge is 0.352 e. The molecule has 9 heteroatoms. The fraction of sp³-hybridized carbons (Fsp3) is 0.318. The normalized spacial score (nSPS) is 14.5. The molecule has 2 aromatic carbocycles. The third-order valence-electron chi connectivity index (χ3n) is 5.61. The molecule has 4 rings (SSSR count). The van der Waals surface area contributed by atoms with Gasteiger partial charge in [0.2, 0.25) is 0 Å². The number of piperazine rings is 1. The average molecular weight is 446 g/mol. The second kappa shape index (κ2) is 8.26. The number of urea groups is 1. The number of amides is 2. The van der Waals surface area contributed by atoms with Gasteiger partial charge in [-0.2, -0.15) is 0 Å². The second-order valence-electron chi connectivity index (χ2n) is 7.81. The minimum atomic E-state index is -0.686. The van der Waals surface area contributed by atoms with Crippen LogP contribution in [0.4, 0.5) is 19.4 Å². The van der Waals surface area contributed by atoms with E-state index in [1.165, 1.54) is 17.3 Å². The molecule has 0 atom stereocenters. The van der Waals surface area contributed by atoms with Crippen LogP contribution >= 0.6 is 11.6 Å². The molecule has 2 N–H and O–H groups in total. The SMILES string of the molecule is CC(C)c1cccc(F)c1-c1c(Cl)cc2c(N3CCN(C(N)=O)CC3)ncnc2c1F. The number of hydrogen-bond acceptors (Lipinski definition) is 4. The Hall–Kier alpha value is -3.00. The molecule has 2 amide bonds. The van der Waals surface area contributed by atoms with E-state index in [1.807, 2.05) is 18.7 Å². The van der Waals surface area contributed by atoms with Crippen LogP contribution in [0.3, 0.4) is 0 Å². The molecule has 1 aromatic heterocycles. The van der Waals surface area contributed by atoms with Crippen molar-refractivity contribution in [1.29, 1.82) is 0 Å². The predicted octanol–water partition coefficient (Wildman–Crippen LogP) is 4.55. The summed E-state index contributed by atoms with van der Waals surface area (Å²) < 4.78 is 30.5. The molecule has 2 heterocycles. The molecule has 0 unspecified atom stereocenters. The highest BCUT2D eigenvalue weighted by molar-refractivity contribution is 6.34. The Morgan fingerprint density at radius 3 is 2.48 bits per heavy atom. The third-order valence-corrected chi connectivity index (χ3v) is 5.91. The maximum Gasteiger partial charge on any atom is 0.314 e. The van der Waals surface area contributed by atoms with E-state index in [0.717, 1.165) is 0 Å². The van der Waals surface area contributed by atoms with Crippen molar-refractivity contribution in [2.45, 2.75) is 19.8 Å². The van der Waals surface area contributed by atoms with Gasteiger partial charge in [0.15, 0.2) is 5.82 Å². The Bertz CT molecular complexity index is 1160. The molecule has 0 spiro atoms. The van der Waals surface area contributed by atoms with E-state index >= 15 is 4.39 Å². The van der Waals surface area contributed by atoms with Crippen molar-refractivity contribution in [3.05, 3.63) is 52.8 Å². The van der Waals surface area contributed by atoms with Crippen LogP contribution in [0.25, 0.3) is 22.0 Å². The number of primary amides is 1. The van der Waals surface area contributed by atoms with Crippen LogP contribution in [0.15, 0.2) is 30.6 Å². The van der Waals surface area contributed by atoms with Crippen LogP contribution in [-0.2, 0) is 0 Å². The van der Waals surface area contributed by atoms with E-state index < -0.39 is 17.7 Å². The molecule has 0 saturated carbocycles. The molecule has 0 aliphatic carbocycles. The summed E-state index contributed by atoms with van der Waals surface area (Å²) in [7, 11) is 0. The molecule has 3 aromatic rings. The first-order chi connectivity index (χ1) is 14.8. The number of carbonyl (C=O) groups is 1. The van der Waals surface area contributed by atoms with Crippen molar-refractivity contribution in [2.24, 2.45) is 5.73 Å². The summed E-state index contributed by atoms with van der Waals surface area (Å²) in [4.78, 5) is 23.3. The monoisotopic (exact) mass is 445 g/mol. The molecule has 1 fully saturated rings. The maximum absolute atomic E-state index is 15.7. The summed E-state index contributed by atoms with van der Waals surface area (Å²) in [5.74, 6) is -0.740. The number of nitrogens with zero attached hydrogens (tertiary/aromatic N) is 4. The molecule has 1 aliphatic rings. The van der Waals surface area contributed by atoms with Gasteiger partial charge in [0.25, 0.3) is 0 Å². The molecule has 0 radical (unpaired) electrons. The lowest BCUT2D eigenvalue weighted by atomic mass is 9.91. The minimum absolute atomic E-state index is 0.000774. The predicted molar refractivity (Wildman–Crippen MR) is 117 cm³/mol. The molecule has 31 heavy (non-hydrogen) atoms. The number of anilines is 1. The van der Waals surface area contributed by atoms with Gasteiger partial charge in [-0.1, -0.05) is 37.6 Å². The van der Waals surface area contributed by atoms with Crippen molar-refractivity contribution < 1.29 is 13.6 Å². The zero-order valence-corrected chi connectivity index (χ0v) is 18.0. The van der Waals surface area contributed by atoms with Crippen LogP contribution in [-0.4, -0.2) is 47.1 Å². The Morgan fingerprint density at radius 2 is 1.84 bits per heavy atom. The van der Waals surface area contributed by atoms with Gasteiger partial charge >= 0.3 is 6.03 Å². The van der Waals surface area contributed by atoms with Crippen LogP contribution < -0.4 is 10.6 Å². The zero-order valence-electron chi connectivity index (χ0n) is 17.2. The molecule has 1 aliphatic heterocycles. The summed E-state index contributed by atoms with van der Waals surface area (Å²) in [5, 5.41) is 0.521. The summed E-state index contributed by atoms with van der Waals surface area (Å²) in [5.41, 5.74) is 6.23. The Kier molecular flexibility index (Phi) is 5.66. The van der Waals surface area contributed by atoms with Gasteiger partial charge in [0.1, 0.15) is 23.5 Å². The number of aromatic nitrogens is 2. The number of nitrogens with two attached hydrogens (primary N) is 1. The van der Waals surface area contributed by atoms with Crippen molar-refractivity contribution in [1.82, 2.24) is 14.9 Å². The van der Waals surface area contributed by atoms with Crippen molar-refractivity contribution >= 4 is 34.4 Å². The van der Waals surface area contributed by atoms with E-state index in [2.05, 4.69) is 9.97 Å². The fourth-order valence-electron chi connectivity index (χ4n) is 4.02. The Balaban J connectivity index is 1.85. The highest BCUT2D eigenvalue weighted by atomic mass is 35.5. The highest BCUT2D eigenvalue weighted by Gasteiger charge is 2.26. The summed E-state index contributed by atoms with van der Waals surface area (Å²) in [6.45, 7) is 5.67. The first-order valence-corrected chi connectivity index (χ1v) is 10.4. The summed E-state index contributed by atoms with van der Waals surface area (Å²) >= 11 is 6.52. The van der Waals surface area contributed by atoms with E-state index in [1.54, 1.807) is 18.2 Å². The highest BCUT2D eigenvalue weighted by Crippen LogP contribution is 2.41. The second-order valence-corrected chi connectivity index (χ2v) is 8.22. The van der Waals surface area contributed by atoms with Crippen molar-refractivity contribution in [3.63, 3.8) is 0 Å². The average Bonchev–Trinajstić information content (AvgIpc) is 2.74. The van der Waals surface area contributed by atoms with E-state index in [-0.39, 0.29) is 27.6 Å². The van der Waals surface area contributed by atoms with Gasteiger partial charge in [0, 0.05) is 42.7 Å². The van der Waals surface area contributed by atoms with E-state index in [4.69, 9.17) is 17.3 Å². The smallest absolute Gasteiger partial charge is 0.314 e. The number of fused-ring (bicyclic) bond motifs is 1. The van der Waals surface area contributed by atoms with Gasteiger partial charge < -0.3 is 15.5 Å². The van der Waals surface area contributed by atoms with Crippen molar-refractivity contribution in [3.8, 4) is 11.1 Å². The number of halogens is 3. The topological polar surface area (TPSA) is 75.3 Å². The van der Waals surface area contributed by atoms with Crippen LogP contribution in [0.2, 0.25) is 5.02 Å². The van der Waals surface area contributed by atoms with Crippen molar-refractivity contribution in [2.75, 3.05) is 31.1 Å². The Labute approximate surface area is 183 Å². The quantitative estimate of drug-likeness (QED) is 0.641. The number of benzene rings is 2. The van der Waals surface area contributed by atoms with Crippen LogP contribution in [0.5, 0.6) is 0 Å². The molecular weight excluding hydrogens is 424 g/mol. The number of carbonyl (C=O) groups excluding carboxylic acids is 1. The van der Waals surface area contributed by atoms with E-state index in [9.17, 15) is 9.18 Å². The molecule has 162 valence electrons. The van der Waals surface area contributed by atoms with Gasteiger partial charge in [0.05, 0.1) is 5.02 Å². The summed E-state index contributed by atoms with van der Waals surface area (Å²) in [6, 6.07) is 5.78. The van der Waals surface area contributed by atoms with Gasteiger partial charge in [-0.05, 0) is 23.6 Å². The van der Waals surface area contributed by atoms with Gasteiger partial charge in [-0.15, -0.1) is 0 Å². The Morgan fingerprint density at radius 1 is 1.13 bits per heavy atom. The molecule has 1 saturated heterocycles. The molecule has 0 bridgehead atoms. The number of rotatable bonds is 3. The molecule has 6 nitrogen and oxygen atoms in total. The standard InChI is InChI=1S/C22H22ClF2N5O/c1-12(2)13-4-3-5-16(24)17(13)18-15(23)10-14-20(19(18)25)27-11-28-21(14)29-6-8-30(9-7-29)22(26)31/h3-5,10-12H,6-9H2,1-2H3,(H2,26,31). The maximum atomic E-state index is 15.7. The first-order valence-electron chi connectivity index (χ1n) is 10.0. The van der Waals surface area contributed by atoms with E-state index in [0.29, 0.717) is 42.9 Å². The van der Waals surface area contributed by atoms with Gasteiger partial charge in [-0.3, -0.25) is 0 Å². The van der Waals surface area contributed by atoms with Gasteiger partial charge in [-0.25, -0.2) is 23.5 Å². The third kappa shape index (κ3) is 3.76. The minimum Gasteiger partial charge on any atom is -0.352 e. The molecular formula is C22H22ClF2N5O.